The molecule has 3 N–H and O–H groups in total. The van der Waals surface area contributed by atoms with Gasteiger partial charge in [0.05, 0.1) is 16.6 Å². The number of halogens is 4. The molecule has 1 heterocycles. The molecule has 0 spiro atoms. The van der Waals surface area contributed by atoms with Crippen molar-refractivity contribution in [1.29, 1.82) is 0 Å². The van der Waals surface area contributed by atoms with Gasteiger partial charge in [0.15, 0.2) is 5.60 Å². The lowest BCUT2D eigenvalue weighted by Crippen LogP contribution is -2.51. The van der Waals surface area contributed by atoms with E-state index in [1.165, 1.54) is 6.07 Å². The zero-order valence-corrected chi connectivity index (χ0v) is 21.7. The summed E-state index contributed by atoms with van der Waals surface area (Å²) in [6, 6.07) is 15.4. The maximum atomic E-state index is 13.7. The molecule has 2 unspecified atom stereocenters. The van der Waals surface area contributed by atoms with Gasteiger partial charge >= 0.3 is 12.2 Å². The van der Waals surface area contributed by atoms with Gasteiger partial charge in [-0.05, 0) is 66.8 Å². The summed E-state index contributed by atoms with van der Waals surface area (Å²) in [5, 5.41) is 15.5. The van der Waals surface area contributed by atoms with E-state index in [2.05, 4.69) is 10.6 Å². The molecule has 2 atom stereocenters. The second-order valence-corrected chi connectivity index (χ2v) is 11.2. The first kappa shape index (κ1) is 28.4. The molecular weight excluding hydrogens is 538 g/mol. The van der Waals surface area contributed by atoms with Crippen LogP contribution in [0.15, 0.2) is 77.7 Å². The number of hydrogen-bond donors (Lipinski definition) is 3. The number of alkyl halides is 3. The van der Waals surface area contributed by atoms with Crippen molar-refractivity contribution in [3.8, 4) is 0 Å². The Hall–Kier alpha value is -3.64. The van der Waals surface area contributed by atoms with Crippen LogP contribution < -0.4 is 14.9 Å². The topological polar surface area (TPSA) is 98.7 Å². The number of carbonyl (C=O) groups excluding carboxylic acids is 1. The van der Waals surface area contributed by atoms with Crippen molar-refractivity contribution in [3.63, 3.8) is 0 Å². The van der Waals surface area contributed by atoms with Gasteiger partial charge in [-0.25, -0.2) is 17.6 Å². The fourth-order valence-corrected chi connectivity index (χ4v) is 6.10. The molecule has 208 valence electrons. The Morgan fingerprint density at radius 3 is 2.33 bits per heavy atom. The number of carbonyl (C=O) groups is 1. The Morgan fingerprint density at radius 1 is 1.03 bits per heavy atom. The molecule has 0 saturated carbocycles. The third kappa shape index (κ3) is 6.01. The van der Waals surface area contributed by atoms with Crippen LogP contribution in [0.4, 0.5) is 28.0 Å². The molecule has 1 aliphatic rings. The summed E-state index contributed by atoms with van der Waals surface area (Å²) in [5.41, 5.74) is -2.30. The summed E-state index contributed by atoms with van der Waals surface area (Å²) in [6.45, 7) is 0.785. The molecule has 12 heteroatoms. The number of amides is 2. The van der Waals surface area contributed by atoms with Gasteiger partial charge in [0, 0.05) is 13.1 Å². The average Bonchev–Trinajstić information content (AvgIpc) is 2.90. The minimum Gasteiger partial charge on any atom is -0.376 e. The van der Waals surface area contributed by atoms with E-state index in [4.69, 9.17) is 0 Å². The summed E-state index contributed by atoms with van der Waals surface area (Å²) < 4.78 is 82.3. The van der Waals surface area contributed by atoms with Crippen LogP contribution >= 0.6 is 0 Å². The Kier molecular flexibility index (Phi) is 7.89. The van der Waals surface area contributed by atoms with E-state index in [9.17, 15) is 35.9 Å². The number of urea groups is 1. The van der Waals surface area contributed by atoms with Crippen molar-refractivity contribution in [2.24, 2.45) is 0 Å². The van der Waals surface area contributed by atoms with E-state index in [1.54, 1.807) is 0 Å². The molecule has 0 aromatic heterocycles. The second-order valence-electron chi connectivity index (χ2n) is 9.41. The molecule has 0 radical (unpaired) electrons. The molecule has 0 saturated heterocycles. The third-order valence-electron chi connectivity index (χ3n) is 6.67. The van der Waals surface area contributed by atoms with Crippen LogP contribution in [-0.2, 0) is 28.6 Å². The van der Waals surface area contributed by atoms with Gasteiger partial charge in [0.25, 0.3) is 10.0 Å². The highest BCUT2D eigenvalue weighted by Crippen LogP contribution is 2.42. The Labute approximate surface area is 223 Å². The number of anilines is 1. The van der Waals surface area contributed by atoms with E-state index in [1.807, 2.05) is 30.3 Å². The highest BCUT2D eigenvalue weighted by molar-refractivity contribution is 7.92. The summed E-state index contributed by atoms with van der Waals surface area (Å²) in [5.74, 6) is -0.639. The Bertz CT molecular complexity index is 1430. The van der Waals surface area contributed by atoms with Crippen LogP contribution in [0.25, 0.3) is 0 Å². The first-order chi connectivity index (χ1) is 18.3. The number of rotatable bonds is 7. The van der Waals surface area contributed by atoms with Gasteiger partial charge in [0.1, 0.15) is 5.82 Å². The molecule has 3 aromatic rings. The first-order valence-corrected chi connectivity index (χ1v) is 13.5. The largest absolute Gasteiger partial charge is 0.421 e. The van der Waals surface area contributed by atoms with Crippen molar-refractivity contribution < 1.29 is 35.9 Å². The maximum absolute atomic E-state index is 13.7. The van der Waals surface area contributed by atoms with E-state index >= 15 is 0 Å². The zero-order chi connectivity index (χ0) is 28.4. The number of benzene rings is 3. The standard InChI is InChI=1S/C27H27F4N3O4S/c1-26(36,27(29,30)31)20-8-14-24-19(15-20)7-11-22(17-33-25(35)32-16-18-5-3-2-4-6-18)34(24)39(37,38)23-12-9-21(28)10-13-23/h2-6,8-10,12-15,22,36H,7,11,16-17H2,1H3,(H2,32,33,35). The van der Waals surface area contributed by atoms with Crippen molar-refractivity contribution in [2.45, 2.75) is 49.0 Å². The third-order valence-corrected chi connectivity index (χ3v) is 8.55. The molecule has 39 heavy (non-hydrogen) atoms. The Balaban J connectivity index is 1.63. The fraction of sp³-hybridized carbons (Fsp3) is 0.296. The van der Waals surface area contributed by atoms with Crippen molar-refractivity contribution >= 4 is 21.7 Å². The SMILES string of the molecule is CC(O)(c1ccc2c(c1)CCC(CNC(=O)NCc1ccccc1)N2S(=O)(=O)c1ccc(F)cc1)C(F)(F)F. The molecular formula is C27H27F4N3O4S. The lowest BCUT2D eigenvalue weighted by molar-refractivity contribution is -0.258. The number of aryl methyl sites for hydroxylation is 1. The van der Waals surface area contributed by atoms with E-state index < -0.39 is 45.3 Å². The van der Waals surface area contributed by atoms with E-state index in [0.717, 1.165) is 46.3 Å². The van der Waals surface area contributed by atoms with E-state index in [-0.39, 0.29) is 42.1 Å². The smallest absolute Gasteiger partial charge is 0.376 e. The van der Waals surface area contributed by atoms with Gasteiger partial charge in [-0.1, -0.05) is 42.5 Å². The monoisotopic (exact) mass is 565 g/mol. The van der Waals surface area contributed by atoms with Crippen molar-refractivity contribution in [2.75, 3.05) is 10.8 Å². The van der Waals surface area contributed by atoms with Gasteiger partial charge < -0.3 is 15.7 Å². The van der Waals surface area contributed by atoms with Crippen LogP contribution in [-0.4, -0.2) is 38.3 Å². The Morgan fingerprint density at radius 2 is 1.69 bits per heavy atom. The number of nitrogens with one attached hydrogen (secondary N) is 2. The molecule has 0 aliphatic carbocycles. The van der Waals surface area contributed by atoms with Crippen molar-refractivity contribution in [1.82, 2.24) is 10.6 Å². The predicted molar refractivity (Wildman–Crippen MR) is 137 cm³/mol. The minimum absolute atomic E-state index is 0.0947. The second kappa shape index (κ2) is 10.9. The normalized spacial score (nSPS) is 17.2. The van der Waals surface area contributed by atoms with Crippen LogP contribution in [0.3, 0.4) is 0 Å². The summed E-state index contributed by atoms with van der Waals surface area (Å²) in [7, 11) is -4.31. The number of hydrogen-bond acceptors (Lipinski definition) is 4. The average molecular weight is 566 g/mol. The molecule has 4 rings (SSSR count). The summed E-state index contributed by atoms with van der Waals surface area (Å²) >= 11 is 0. The van der Waals surface area contributed by atoms with Crippen molar-refractivity contribution in [3.05, 3.63) is 95.3 Å². The number of aliphatic hydroxyl groups is 1. The summed E-state index contributed by atoms with van der Waals surface area (Å²) in [4.78, 5) is 12.2. The van der Waals surface area contributed by atoms with Gasteiger partial charge in [-0.3, -0.25) is 4.31 Å². The van der Waals surface area contributed by atoms with Crippen LogP contribution in [0.1, 0.15) is 30.0 Å². The lowest BCUT2D eigenvalue weighted by atomic mass is 9.89. The predicted octanol–water partition coefficient (Wildman–Crippen LogP) is 4.61. The zero-order valence-electron chi connectivity index (χ0n) is 20.9. The first-order valence-electron chi connectivity index (χ1n) is 12.1. The molecule has 0 fully saturated rings. The molecule has 0 bridgehead atoms. The summed E-state index contributed by atoms with van der Waals surface area (Å²) in [6.07, 6.45) is -4.58. The molecule has 1 aliphatic heterocycles. The molecule has 3 aromatic carbocycles. The van der Waals surface area contributed by atoms with Gasteiger partial charge in [-0.2, -0.15) is 13.2 Å². The maximum Gasteiger partial charge on any atom is 0.421 e. The quantitative estimate of drug-likeness (QED) is 0.365. The molecule has 2 amide bonds. The van der Waals surface area contributed by atoms with Crippen LogP contribution in [0.5, 0.6) is 0 Å². The van der Waals surface area contributed by atoms with Crippen LogP contribution in [0.2, 0.25) is 0 Å². The van der Waals surface area contributed by atoms with E-state index in [0.29, 0.717) is 6.92 Å². The number of nitrogens with zero attached hydrogens (tertiary/aromatic N) is 1. The number of sulfonamides is 1. The number of fused-ring (bicyclic) bond motifs is 1. The highest BCUT2D eigenvalue weighted by Gasteiger charge is 2.51. The van der Waals surface area contributed by atoms with Gasteiger partial charge in [-0.15, -0.1) is 0 Å². The van der Waals surface area contributed by atoms with Gasteiger partial charge in [0.2, 0.25) is 0 Å². The lowest BCUT2D eigenvalue weighted by Gasteiger charge is -2.38. The van der Waals surface area contributed by atoms with Crippen LogP contribution in [0, 0.1) is 5.82 Å². The highest BCUT2D eigenvalue weighted by atomic mass is 32.2. The minimum atomic E-state index is -4.95. The fourth-order valence-electron chi connectivity index (χ4n) is 4.39. The molecule has 7 nitrogen and oxygen atoms in total.